The zero-order valence-corrected chi connectivity index (χ0v) is 31.7. The number of aromatic nitrogens is 4. The first-order valence-corrected chi connectivity index (χ1v) is 16.8. The van der Waals surface area contributed by atoms with Crippen LogP contribution >= 0.6 is 0 Å². The average Bonchev–Trinajstić information content (AvgIpc) is 3.56. The summed E-state index contributed by atoms with van der Waals surface area (Å²) in [5.41, 5.74) is 9.88. The second kappa shape index (κ2) is 13.4. The van der Waals surface area contributed by atoms with E-state index in [0.717, 1.165) is 50.4 Å². The summed E-state index contributed by atoms with van der Waals surface area (Å²) in [6, 6.07) is 38.7. The summed E-state index contributed by atoms with van der Waals surface area (Å²) in [5, 5.41) is 7.18. The minimum atomic E-state index is 0. The molecule has 0 N–H and O–H groups in total. The van der Waals surface area contributed by atoms with E-state index in [0.29, 0.717) is 23.3 Å². The van der Waals surface area contributed by atoms with Crippen LogP contribution in [0.2, 0.25) is 0 Å². The van der Waals surface area contributed by atoms with Gasteiger partial charge in [0.2, 0.25) is 0 Å². The topological polar surface area (TPSA) is 44.9 Å². The van der Waals surface area contributed by atoms with Crippen molar-refractivity contribution in [1.29, 1.82) is 0 Å². The summed E-state index contributed by atoms with van der Waals surface area (Å²) in [5.74, 6) is 2.86. The minimum Gasteiger partial charge on any atom is -0.509 e. The Morgan fingerprint density at radius 2 is 1.51 bits per heavy atom. The van der Waals surface area contributed by atoms with Gasteiger partial charge in [0.05, 0.1) is 5.69 Å². The molecule has 4 aromatic carbocycles. The first-order valence-electron chi connectivity index (χ1n) is 16.8. The minimum absolute atomic E-state index is 0. The van der Waals surface area contributed by atoms with Crippen molar-refractivity contribution in [3.8, 4) is 34.1 Å². The van der Waals surface area contributed by atoms with E-state index in [2.05, 4.69) is 126 Å². The number of benzene rings is 4. The molecule has 7 rings (SSSR count). The number of hydrogen-bond donors (Lipinski definition) is 0. The monoisotopic (exact) mass is 825 g/mol. The van der Waals surface area contributed by atoms with E-state index >= 15 is 0 Å². The van der Waals surface area contributed by atoms with Gasteiger partial charge in [-0.15, -0.1) is 35.7 Å². The molecule has 0 aliphatic carbocycles. The van der Waals surface area contributed by atoms with Gasteiger partial charge in [0, 0.05) is 34.5 Å². The van der Waals surface area contributed by atoms with E-state index in [1.54, 1.807) is 0 Å². The standard InChI is InChI=1S/C43H42N4O.Pt/c1-27(2)32-21-22-44-41(24-32)46-39-20-17-33(28(3)43(6,7)8)23-38(39)37-19-18-36(26-40(37)46)48-35-16-12-15-34(25-35)47-30(5)42(29(4)45-47)31-13-10-9-11-14-31;/h9-24,27-28H,1-8H3;/q-2;+2. The maximum absolute atomic E-state index is 6.48. The molecule has 0 aliphatic heterocycles. The summed E-state index contributed by atoms with van der Waals surface area (Å²) in [6.45, 7) is 17.8. The Hall–Kier alpha value is -4.47. The van der Waals surface area contributed by atoms with Gasteiger partial charge in [-0.3, -0.25) is 4.68 Å². The fraction of sp³-hybridized carbons (Fsp3) is 0.256. The van der Waals surface area contributed by atoms with Gasteiger partial charge in [-0.25, -0.2) is 4.98 Å². The molecule has 0 bridgehead atoms. The molecule has 6 heteroatoms. The van der Waals surface area contributed by atoms with Crippen molar-refractivity contribution in [1.82, 2.24) is 19.3 Å². The van der Waals surface area contributed by atoms with E-state index < -0.39 is 0 Å². The number of pyridine rings is 1. The Balaban J connectivity index is 0.00000417. The molecule has 0 radical (unpaired) electrons. The molecule has 3 aromatic heterocycles. The fourth-order valence-corrected chi connectivity index (χ4v) is 6.56. The molecule has 7 aromatic rings. The fourth-order valence-electron chi connectivity index (χ4n) is 6.56. The molecule has 1 atom stereocenters. The molecular formula is C43H42N4OPt. The third kappa shape index (κ3) is 6.49. The molecule has 0 amide bonds. The molecule has 0 saturated heterocycles. The van der Waals surface area contributed by atoms with Gasteiger partial charge < -0.3 is 9.30 Å². The maximum Gasteiger partial charge on any atom is 2.00 e. The summed E-state index contributed by atoms with van der Waals surface area (Å²) in [7, 11) is 0. The largest absolute Gasteiger partial charge is 2.00 e. The molecule has 5 nitrogen and oxygen atoms in total. The van der Waals surface area contributed by atoms with Crippen LogP contribution in [0.1, 0.15) is 75.9 Å². The van der Waals surface area contributed by atoms with E-state index in [9.17, 15) is 0 Å². The normalized spacial score (nSPS) is 12.4. The predicted octanol–water partition coefficient (Wildman–Crippen LogP) is 11.3. The van der Waals surface area contributed by atoms with E-state index in [1.165, 1.54) is 16.5 Å². The molecular weight excluding hydrogens is 784 g/mol. The Labute approximate surface area is 304 Å². The van der Waals surface area contributed by atoms with Gasteiger partial charge in [0.15, 0.2) is 0 Å². The molecule has 0 spiro atoms. The Bertz CT molecular complexity index is 2270. The van der Waals surface area contributed by atoms with Crippen LogP contribution in [0.3, 0.4) is 0 Å². The summed E-state index contributed by atoms with van der Waals surface area (Å²) in [6.07, 6.45) is 1.90. The van der Waals surface area contributed by atoms with E-state index in [1.807, 2.05) is 48.1 Å². The number of hydrogen-bond acceptors (Lipinski definition) is 3. The number of aryl methyl sites for hydroxylation is 1. The van der Waals surface area contributed by atoms with Crippen molar-refractivity contribution < 1.29 is 25.8 Å². The Morgan fingerprint density at radius 3 is 2.24 bits per heavy atom. The Kier molecular flexibility index (Phi) is 9.44. The van der Waals surface area contributed by atoms with Crippen molar-refractivity contribution in [2.24, 2.45) is 5.41 Å². The average molecular weight is 826 g/mol. The van der Waals surface area contributed by atoms with Crippen LogP contribution in [0, 0.1) is 31.4 Å². The first kappa shape index (κ1) is 34.4. The van der Waals surface area contributed by atoms with Crippen molar-refractivity contribution in [2.75, 3.05) is 0 Å². The zero-order chi connectivity index (χ0) is 33.7. The molecule has 0 aliphatic rings. The van der Waals surface area contributed by atoms with Crippen molar-refractivity contribution >= 4 is 21.8 Å². The van der Waals surface area contributed by atoms with Gasteiger partial charge in [-0.05, 0) is 77.1 Å². The van der Waals surface area contributed by atoms with Crippen LogP contribution in [-0.2, 0) is 21.1 Å². The SMILES string of the molecule is Cc1nn(-c2[c-]c(Oc3[c-]c4c(cc3)c3cc(C(C)C(C)(C)C)ccc3n4-c3cc(C(C)C)ccn3)ccc2)c(C)c1-c1ccccc1.[Pt+2]. The second-order valence-corrected chi connectivity index (χ2v) is 14.2. The number of nitrogens with zero attached hydrogens (tertiary/aromatic N) is 4. The van der Waals surface area contributed by atoms with Crippen LogP contribution in [0.4, 0.5) is 0 Å². The number of ether oxygens (including phenoxy) is 1. The third-order valence-electron chi connectivity index (χ3n) is 9.69. The molecule has 0 saturated carbocycles. The van der Waals surface area contributed by atoms with Gasteiger partial charge in [0.1, 0.15) is 5.82 Å². The van der Waals surface area contributed by atoms with Gasteiger partial charge in [-0.1, -0.05) is 89.5 Å². The molecule has 1 unspecified atom stereocenters. The molecule has 3 heterocycles. The van der Waals surface area contributed by atoms with Crippen molar-refractivity contribution in [2.45, 2.75) is 67.2 Å². The quantitative estimate of drug-likeness (QED) is 0.150. The van der Waals surface area contributed by atoms with E-state index in [4.69, 9.17) is 14.8 Å². The van der Waals surface area contributed by atoms with Gasteiger partial charge in [-0.2, -0.15) is 17.2 Å². The molecule has 250 valence electrons. The van der Waals surface area contributed by atoms with Crippen LogP contribution in [0.5, 0.6) is 11.5 Å². The molecule has 49 heavy (non-hydrogen) atoms. The summed E-state index contributed by atoms with van der Waals surface area (Å²) in [4.78, 5) is 4.85. The number of rotatable bonds is 7. The Morgan fingerprint density at radius 1 is 0.755 bits per heavy atom. The maximum atomic E-state index is 6.48. The van der Waals surface area contributed by atoms with Crippen molar-refractivity contribution in [3.05, 3.63) is 132 Å². The van der Waals surface area contributed by atoms with Crippen LogP contribution < -0.4 is 4.74 Å². The first-order chi connectivity index (χ1) is 23.0. The number of fused-ring (bicyclic) bond motifs is 3. The molecule has 0 fully saturated rings. The summed E-state index contributed by atoms with van der Waals surface area (Å²) >= 11 is 0. The predicted molar refractivity (Wildman–Crippen MR) is 197 cm³/mol. The summed E-state index contributed by atoms with van der Waals surface area (Å²) < 4.78 is 10.6. The van der Waals surface area contributed by atoms with Crippen LogP contribution in [0.25, 0.3) is 44.4 Å². The van der Waals surface area contributed by atoms with Crippen molar-refractivity contribution in [3.63, 3.8) is 0 Å². The van der Waals surface area contributed by atoms with Crippen LogP contribution in [0.15, 0.2) is 97.2 Å². The van der Waals surface area contributed by atoms with Gasteiger partial charge in [0.25, 0.3) is 0 Å². The van der Waals surface area contributed by atoms with Crippen LogP contribution in [-0.4, -0.2) is 19.3 Å². The van der Waals surface area contributed by atoms with E-state index in [-0.39, 0.29) is 26.5 Å². The smallest absolute Gasteiger partial charge is 0.509 e. The van der Waals surface area contributed by atoms with Gasteiger partial charge >= 0.3 is 21.1 Å². The zero-order valence-electron chi connectivity index (χ0n) is 29.4. The second-order valence-electron chi connectivity index (χ2n) is 14.2. The third-order valence-corrected chi connectivity index (χ3v) is 9.69.